The highest BCUT2D eigenvalue weighted by Gasteiger charge is 2.50. The Hall–Kier alpha value is -3.74. The van der Waals surface area contributed by atoms with Crippen LogP contribution in [0.2, 0.25) is 0 Å². The van der Waals surface area contributed by atoms with E-state index in [0.29, 0.717) is 23.8 Å². The van der Waals surface area contributed by atoms with Gasteiger partial charge < -0.3 is 14.0 Å². The molecule has 4 aromatic rings. The summed E-state index contributed by atoms with van der Waals surface area (Å²) in [6.07, 6.45) is 5.70. The lowest BCUT2D eigenvalue weighted by Gasteiger charge is -2.54. The summed E-state index contributed by atoms with van der Waals surface area (Å²) in [7, 11) is 0. The van der Waals surface area contributed by atoms with E-state index in [1.165, 1.54) is 11.3 Å². The SMILES string of the molecule is Cc1cc(-c2sc(NC(=O)N3CC4(COC4)C3)nc2-c2cccc(C#N)c2)cn2ccnc12. The van der Waals surface area contributed by atoms with Crippen molar-refractivity contribution < 1.29 is 9.53 Å². The Labute approximate surface area is 194 Å². The van der Waals surface area contributed by atoms with Crippen LogP contribution < -0.4 is 5.32 Å². The first-order valence-electron chi connectivity index (χ1n) is 10.6. The number of carbonyl (C=O) groups is 1. The van der Waals surface area contributed by atoms with Gasteiger partial charge in [0.25, 0.3) is 0 Å². The normalized spacial score (nSPS) is 16.3. The van der Waals surface area contributed by atoms with Crippen molar-refractivity contribution in [2.24, 2.45) is 5.41 Å². The summed E-state index contributed by atoms with van der Waals surface area (Å²) in [6, 6.07) is 11.5. The molecule has 2 fully saturated rings. The molecule has 6 rings (SSSR count). The maximum Gasteiger partial charge on any atom is 0.323 e. The molecule has 8 nitrogen and oxygen atoms in total. The van der Waals surface area contributed by atoms with Crippen molar-refractivity contribution in [1.82, 2.24) is 19.3 Å². The lowest BCUT2D eigenvalue weighted by Crippen LogP contribution is -2.67. The molecule has 0 aliphatic carbocycles. The Morgan fingerprint density at radius 1 is 1.27 bits per heavy atom. The van der Waals surface area contributed by atoms with Crippen molar-refractivity contribution in [3.05, 3.63) is 60.0 Å². The van der Waals surface area contributed by atoms with E-state index in [2.05, 4.69) is 22.4 Å². The molecular formula is C24H20N6O2S. The maximum absolute atomic E-state index is 12.8. The topological polar surface area (TPSA) is 95.5 Å². The third-order valence-corrected chi connectivity index (χ3v) is 7.22. The second-order valence-corrected chi connectivity index (χ2v) is 9.74. The Morgan fingerprint density at radius 2 is 2.12 bits per heavy atom. The second kappa shape index (κ2) is 7.40. The number of carbonyl (C=O) groups excluding carboxylic acids is 1. The summed E-state index contributed by atoms with van der Waals surface area (Å²) in [5.74, 6) is 0. The molecule has 5 heterocycles. The number of pyridine rings is 1. The summed E-state index contributed by atoms with van der Waals surface area (Å²) in [5, 5.41) is 12.9. The van der Waals surface area contributed by atoms with Crippen LogP contribution in [0.5, 0.6) is 0 Å². The lowest BCUT2D eigenvalue weighted by atomic mass is 9.78. The fraction of sp³-hybridized carbons (Fsp3) is 0.250. The van der Waals surface area contributed by atoms with Gasteiger partial charge in [-0.1, -0.05) is 23.5 Å². The zero-order chi connectivity index (χ0) is 22.6. The lowest BCUT2D eigenvalue weighted by molar-refractivity contribution is -0.174. The van der Waals surface area contributed by atoms with E-state index in [1.807, 2.05) is 41.9 Å². The molecule has 33 heavy (non-hydrogen) atoms. The number of nitrogens with one attached hydrogen (secondary N) is 1. The monoisotopic (exact) mass is 456 g/mol. The quantitative estimate of drug-likeness (QED) is 0.499. The van der Waals surface area contributed by atoms with Crippen molar-refractivity contribution in [1.29, 1.82) is 5.26 Å². The molecule has 0 bridgehead atoms. The first kappa shape index (κ1) is 19.9. The third kappa shape index (κ3) is 3.35. The number of thiazole rings is 1. The van der Waals surface area contributed by atoms with Crippen LogP contribution in [-0.2, 0) is 4.74 Å². The molecule has 0 radical (unpaired) electrons. The average Bonchev–Trinajstić information content (AvgIpc) is 3.39. The summed E-state index contributed by atoms with van der Waals surface area (Å²) in [4.78, 5) is 24.7. The molecule has 2 aliphatic rings. The van der Waals surface area contributed by atoms with Crippen LogP contribution >= 0.6 is 11.3 Å². The van der Waals surface area contributed by atoms with Crippen LogP contribution in [0.4, 0.5) is 9.93 Å². The van der Waals surface area contributed by atoms with Gasteiger partial charge in [-0.25, -0.2) is 14.8 Å². The number of nitriles is 1. The molecule has 1 aromatic carbocycles. The number of fused-ring (bicyclic) bond motifs is 1. The van der Waals surface area contributed by atoms with Gasteiger partial charge >= 0.3 is 6.03 Å². The minimum Gasteiger partial charge on any atom is -0.380 e. The molecule has 0 atom stereocenters. The number of amides is 2. The minimum absolute atomic E-state index is 0.147. The van der Waals surface area contributed by atoms with Crippen molar-refractivity contribution in [2.75, 3.05) is 31.6 Å². The van der Waals surface area contributed by atoms with Crippen LogP contribution in [0, 0.1) is 23.7 Å². The summed E-state index contributed by atoms with van der Waals surface area (Å²) in [5.41, 5.74) is 5.21. The van der Waals surface area contributed by atoms with Gasteiger partial charge in [-0.2, -0.15) is 5.26 Å². The van der Waals surface area contributed by atoms with E-state index in [9.17, 15) is 10.1 Å². The predicted octanol–water partition coefficient (Wildman–Crippen LogP) is 4.17. The van der Waals surface area contributed by atoms with Gasteiger partial charge in [0.1, 0.15) is 5.65 Å². The first-order valence-corrected chi connectivity index (χ1v) is 11.4. The molecule has 9 heteroatoms. The Morgan fingerprint density at radius 3 is 2.88 bits per heavy atom. The van der Waals surface area contributed by atoms with Gasteiger partial charge in [0.15, 0.2) is 5.13 Å². The van der Waals surface area contributed by atoms with Gasteiger partial charge in [-0.15, -0.1) is 0 Å². The number of imidazole rings is 1. The van der Waals surface area contributed by atoms with Crippen LogP contribution in [0.15, 0.2) is 48.9 Å². The van der Waals surface area contributed by atoms with Crippen LogP contribution in [-0.4, -0.2) is 51.6 Å². The van der Waals surface area contributed by atoms with Crippen molar-refractivity contribution in [3.63, 3.8) is 0 Å². The molecule has 2 amide bonds. The molecule has 164 valence electrons. The maximum atomic E-state index is 12.8. The number of aromatic nitrogens is 3. The van der Waals surface area contributed by atoms with E-state index in [4.69, 9.17) is 9.72 Å². The number of hydrogen-bond acceptors (Lipinski definition) is 6. The average molecular weight is 457 g/mol. The zero-order valence-corrected chi connectivity index (χ0v) is 18.7. The molecule has 1 N–H and O–H groups in total. The van der Waals surface area contributed by atoms with E-state index >= 15 is 0 Å². The van der Waals surface area contributed by atoms with E-state index < -0.39 is 0 Å². The van der Waals surface area contributed by atoms with Gasteiger partial charge in [0, 0.05) is 42.8 Å². The highest BCUT2D eigenvalue weighted by molar-refractivity contribution is 7.19. The standard InChI is InChI=1S/C24H20N6O2S/c1-15-7-18(10-29-6-5-26-21(15)29)20-19(17-4-2-3-16(8-17)9-25)27-22(33-20)28-23(31)30-11-24(12-30)13-32-14-24/h2-8,10H,11-14H2,1H3,(H,27,28,31). The Balaban J connectivity index is 1.38. The van der Waals surface area contributed by atoms with Gasteiger partial charge in [-0.05, 0) is 30.7 Å². The number of anilines is 1. The van der Waals surface area contributed by atoms with E-state index in [0.717, 1.165) is 46.1 Å². The molecule has 2 saturated heterocycles. The summed E-state index contributed by atoms with van der Waals surface area (Å²) < 4.78 is 7.28. The Kier molecular flexibility index (Phi) is 4.47. The minimum atomic E-state index is -0.147. The number of urea groups is 1. The Bertz CT molecular complexity index is 1440. The van der Waals surface area contributed by atoms with Crippen molar-refractivity contribution in [3.8, 4) is 27.8 Å². The largest absolute Gasteiger partial charge is 0.380 e. The number of ether oxygens (including phenoxy) is 1. The third-order valence-electron chi connectivity index (χ3n) is 6.20. The van der Waals surface area contributed by atoms with Gasteiger partial charge in [0.2, 0.25) is 0 Å². The number of rotatable bonds is 3. The predicted molar refractivity (Wildman–Crippen MR) is 125 cm³/mol. The van der Waals surface area contributed by atoms with Crippen LogP contribution in [0.25, 0.3) is 27.3 Å². The van der Waals surface area contributed by atoms with Gasteiger partial charge in [-0.3, -0.25) is 5.32 Å². The highest BCUT2D eigenvalue weighted by Crippen LogP contribution is 2.41. The van der Waals surface area contributed by atoms with Crippen LogP contribution in [0.1, 0.15) is 11.1 Å². The summed E-state index contributed by atoms with van der Waals surface area (Å²) >= 11 is 1.43. The smallest absolute Gasteiger partial charge is 0.323 e. The van der Waals surface area contributed by atoms with Crippen molar-refractivity contribution >= 4 is 28.1 Å². The zero-order valence-electron chi connectivity index (χ0n) is 17.9. The van der Waals surface area contributed by atoms with Gasteiger partial charge in [0.05, 0.1) is 40.8 Å². The highest BCUT2D eigenvalue weighted by atomic mass is 32.1. The van der Waals surface area contributed by atoms with Crippen molar-refractivity contribution in [2.45, 2.75) is 6.92 Å². The van der Waals surface area contributed by atoms with E-state index in [1.54, 1.807) is 17.2 Å². The fourth-order valence-corrected chi connectivity index (χ4v) is 5.44. The fourth-order valence-electron chi connectivity index (χ4n) is 4.48. The molecule has 0 saturated carbocycles. The number of nitrogens with zero attached hydrogens (tertiary/aromatic N) is 5. The van der Waals surface area contributed by atoms with E-state index in [-0.39, 0.29) is 11.4 Å². The first-order chi connectivity index (χ1) is 16.0. The molecule has 0 unspecified atom stereocenters. The molecular weight excluding hydrogens is 436 g/mol. The number of benzene rings is 1. The number of aryl methyl sites for hydroxylation is 1. The second-order valence-electron chi connectivity index (χ2n) is 8.74. The van der Waals surface area contributed by atoms with Crippen LogP contribution in [0.3, 0.4) is 0 Å². The molecule has 2 aliphatic heterocycles. The number of likely N-dealkylation sites (tertiary alicyclic amines) is 1. The molecule has 3 aromatic heterocycles. The number of hydrogen-bond donors (Lipinski definition) is 1. The summed E-state index contributed by atoms with van der Waals surface area (Å²) in [6.45, 7) is 4.91. The molecule has 1 spiro atoms.